The number of ether oxygens (including phenoxy) is 2. The monoisotopic (exact) mass is 456 g/mol. The van der Waals surface area contributed by atoms with Crippen LogP contribution in [0.15, 0.2) is 72.8 Å². The molecule has 2 aliphatic rings. The van der Waals surface area contributed by atoms with E-state index < -0.39 is 5.72 Å². The lowest BCUT2D eigenvalue weighted by Gasteiger charge is -2.50. The van der Waals surface area contributed by atoms with Crippen molar-refractivity contribution in [2.24, 2.45) is 0 Å². The Bertz CT molecular complexity index is 1230. The number of nitrogens with one attached hydrogen (secondary N) is 1. The van der Waals surface area contributed by atoms with E-state index in [1.807, 2.05) is 68.4 Å². The van der Waals surface area contributed by atoms with Crippen molar-refractivity contribution in [1.82, 2.24) is 5.32 Å². The number of anilines is 1. The van der Waals surface area contributed by atoms with Gasteiger partial charge >= 0.3 is 0 Å². The first-order chi connectivity index (χ1) is 16.5. The van der Waals surface area contributed by atoms with Crippen LogP contribution in [0.1, 0.15) is 54.1 Å². The van der Waals surface area contributed by atoms with Crippen molar-refractivity contribution < 1.29 is 19.1 Å². The molecular weight excluding hydrogens is 428 g/mol. The number of carbonyl (C=O) groups excluding carboxylic acids is 2. The molecule has 3 aromatic carbocycles. The minimum atomic E-state index is -0.890. The van der Waals surface area contributed by atoms with Gasteiger partial charge < -0.3 is 14.8 Å². The Kier molecular flexibility index (Phi) is 5.74. The van der Waals surface area contributed by atoms with E-state index in [1.165, 1.54) is 0 Å². The second kappa shape index (κ2) is 8.86. The molecule has 0 aliphatic carbocycles. The lowest BCUT2D eigenvalue weighted by atomic mass is 9.80. The SMILES string of the molecule is CCNC(=O)c1cccc(N2C(=O)CC3CC2(C)Oc2c(OCc4ccccc4)cccc23)c1. The van der Waals surface area contributed by atoms with Gasteiger partial charge in [-0.15, -0.1) is 0 Å². The summed E-state index contributed by atoms with van der Waals surface area (Å²) < 4.78 is 12.7. The summed E-state index contributed by atoms with van der Waals surface area (Å²) in [6.07, 6.45) is 1.04. The molecule has 3 aromatic rings. The van der Waals surface area contributed by atoms with Crippen molar-refractivity contribution in [2.45, 2.75) is 44.9 Å². The zero-order valence-corrected chi connectivity index (χ0v) is 19.4. The number of hydrogen-bond donors (Lipinski definition) is 1. The van der Waals surface area contributed by atoms with Gasteiger partial charge in [-0.3, -0.25) is 14.5 Å². The fraction of sp³-hybridized carbons (Fsp3) is 0.286. The summed E-state index contributed by atoms with van der Waals surface area (Å²) in [5, 5.41) is 2.81. The third-order valence-electron chi connectivity index (χ3n) is 6.48. The zero-order valence-electron chi connectivity index (χ0n) is 19.4. The van der Waals surface area contributed by atoms with E-state index in [4.69, 9.17) is 9.47 Å². The van der Waals surface area contributed by atoms with E-state index in [1.54, 1.807) is 23.1 Å². The van der Waals surface area contributed by atoms with Gasteiger partial charge in [-0.05, 0) is 43.7 Å². The molecule has 1 N–H and O–H groups in total. The van der Waals surface area contributed by atoms with Gasteiger partial charge in [0, 0.05) is 42.1 Å². The van der Waals surface area contributed by atoms with Crippen molar-refractivity contribution in [3.8, 4) is 11.5 Å². The Morgan fingerprint density at radius 3 is 2.71 bits per heavy atom. The first-order valence-electron chi connectivity index (χ1n) is 11.7. The number of nitrogens with zero attached hydrogens (tertiary/aromatic N) is 1. The van der Waals surface area contributed by atoms with Crippen LogP contribution >= 0.6 is 0 Å². The molecule has 0 spiro atoms. The van der Waals surface area contributed by atoms with E-state index in [2.05, 4.69) is 5.32 Å². The molecule has 1 saturated heterocycles. The summed E-state index contributed by atoms with van der Waals surface area (Å²) in [5.74, 6) is 1.22. The van der Waals surface area contributed by atoms with Crippen LogP contribution in [0.5, 0.6) is 11.5 Å². The molecule has 2 unspecified atom stereocenters. The molecule has 2 bridgehead atoms. The highest BCUT2D eigenvalue weighted by Crippen LogP contribution is 2.52. The Morgan fingerprint density at radius 1 is 1.12 bits per heavy atom. The van der Waals surface area contributed by atoms with Crippen LogP contribution < -0.4 is 19.7 Å². The maximum Gasteiger partial charge on any atom is 0.251 e. The molecule has 174 valence electrons. The standard InChI is InChI=1S/C28H28N2O4/c1-3-29-27(32)20-11-7-12-22(15-20)30-25(31)16-21-17-28(30,2)34-26-23(21)13-8-14-24(26)33-18-19-9-5-4-6-10-19/h4-15,21H,3,16-18H2,1-2H3,(H,29,32). The molecule has 0 saturated carbocycles. The van der Waals surface area contributed by atoms with Crippen LogP contribution in [-0.2, 0) is 11.4 Å². The Labute approximate surface area is 199 Å². The van der Waals surface area contributed by atoms with E-state index in [0.29, 0.717) is 48.7 Å². The maximum absolute atomic E-state index is 13.3. The van der Waals surface area contributed by atoms with Gasteiger partial charge in [0.25, 0.3) is 5.91 Å². The molecule has 2 heterocycles. The summed E-state index contributed by atoms with van der Waals surface area (Å²) >= 11 is 0. The largest absolute Gasteiger partial charge is 0.485 e. The summed E-state index contributed by atoms with van der Waals surface area (Å²) in [6.45, 7) is 4.78. The molecular formula is C28H28N2O4. The van der Waals surface area contributed by atoms with Crippen LogP contribution in [0.3, 0.4) is 0 Å². The van der Waals surface area contributed by atoms with Gasteiger partial charge in [0.15, 0.2) is 17.2 Å². The van der Waals surface area contributed by atoms with Gasteiger partial charge in [-0.1, -0.05) is 48.5 Å². The predicted molar refractivity (Wildman–Crippen MR) is 130 cm³/mol. The van der Waals surface area contributed by atoms with Crippen LogP contribution in [0, 0.1) is 0 Å². The molecule has 34 heavy (non-hydrogen) atoms. The van der Waals surface area contributed by atoms with E-state index in [0.717, 1.165) is 11.1 Å². The topological polar surface area (TPSA) is 67.9 Å². The molecule has 2 aliphatic heterocycles. The Hall–Kier alpha value is -3.80. The van der Waals surface area contributed by atoms with Crippen LogP contribution in [0.4, 0.5) is 5.69 Å². The summed E-state index contributed by atoms with van der Waals surface area (Å²) in [5.41, 5.74) is 2.36. The summed E-state index contributed by atoms with van der Waals surface area (Å²) in [4.78, 5) is 27.4. The average Bonchev–Trinajstić information content (AvgIpc) is 2.83. The lowest BCUT2D eigenvalue weighted by molar-refractivity contribution is -0.127. The summed E-state index contributed by atoms with van der Waals surface area (Å²) in [7, 11) is 0. The number of carbonyl (C=O) groups is 2. The number of hydrogen-bond acceptors (Lipinski definition) is 4. The molecule has 6 heteroatoms. The minimum absolute atomic E-state index is 0.0203. The molecule has 6 nitrogen and oxygen atoms in total. The Morgan fingerprint density at radius 2 is 1.91 bits per heavy atom. The van der Waals surface area contributed by atoms with Gasteiger partial charge in [0.05, 0.1) is 0 Å². The molecule has 2 atom stereocenters. The number of piperidine rings is 1. The molecule has 2 amide bonds. The molecule has 0 radical (unpaired) electrons. The number of para-hydroxylation sites is 1. The first kappa shape index (κ1) is 22.0. The van der Waals surface area contributed by atoms with E-state index >= 15 is 0 Å². The fourth-order valence-electron chi connectivity index (χ4n) is 4.99. The smallest absolute Gasteiger partial charge is 0.251 e. The molecule has 1 fully saturated rings. The zero-order chi connectivity index (χ0) is 23.7. The Balaban J connectivity index is 1.47. The third-order valence-corrected chi connectivity index (χ3v) is 6.48. The van der Waals surface area contributed by atoms with Crippen molar-refractivity contribution >= 4 is 17.5 Å². The van der Waals surface area contributed by atoms with Crippen molar-refractivity contribution in [2.75, 3.05) is 11.4 Å². The highest BCUT2D eigenvalue weighted by molar-refractivity contribution is 5.99. The van der Waals surface area contributed by atoms with Gasteiger partial charge in [-0.25, -0.2) is 0 Å². The highest BCUT2D eigenvalue weighted by Gasteiger charge is 2.50. The molecule has 0 aromatic heterocycles. The van der Waals surface area contributed by atoms with Gasteiger partial charge in [0.1, 0.15) is 6.61 Å². The summed E-state index contributed by atoms with van der Waals surface area (Å²) in [6, 6.07) is 23.0. The van der Waals surface area contributed by atoms with Gasteiger partial charge in [0.2, 0.25) is 5.91 Å². The molecule has 5 rings (SSSR count). The minimum Gasteiger partial charge on any atom is -0.485 e. The number of fused-ring (bicyclic) bond motifs is 4. The number of rotatable bonds is 6. The quantitative estimate of drug-likeness (QED) is 0.565. The first-order valence-corrected chi connectivity index (χ1v) is 11.7. The van der Waals surface area contributed by atoms with Crippen molar-refractivity contribution in [1.29, 1.82) is 0 Å². The maximum atomic E-state index is 13.3. The van der Waals surface area contributed by atoms with Crippen molar-refractivity contribution in [3.63, 3.8) is 0 Å². The number of benzene rings is 3. The van der Waals surface area contributed by atoms with E-state index in [-0.39, 0.29) is 17.7 Å². The van der Waals surface area contributed by atoms with Crippen LogP contribution in [0.25, 0.3) is 0 Å². The fourth-order valence-corrected chi connectivity index (χ4v) is 4.99. The van der Waals surface area contributed by atoms with E-state index in [9.17, 15) is 9.59 Å². The second-order valence-electron chi connectivity index (χ2n) is 8.97. The highest BCUT2D eigenvalue weighted by atomic mass is 16.5. The van der Waals surface area contributed by atoms with Gasteiger partial charge in [-0.2, -0.15) is 0 Å². The third kappa shape index (κ3) is 4.00. The number of amides is 2. The average molecular weight is 457 g/mol. The van der Waals surface area contributed by atoms with Crippen LogP contribution in [0.2, 0.25) is 0 Å². The van der Waals surface area contributed by atoms with Crippen LogP contribution in [-0.4, -0.2) is 24.1 Å². The predicted octanol–water partition coefficient (Wildman–Crippen LogP) is 5.03. The normalized spacial score (nSPS) is 20.8. The van der Waals surface area contributed by atoms with Crippen molar-refractivity contribution in [3.05, 3.63) is 89.5 Å². The lowest BCUT2D eigenvalue weighted by Crippen LogP contribution is -2.60. The second-order valence-corrected chi connectivity index (χ2v) is 8.97.